The molecule has 0 spiro atoms. The quantitative estimate of drug-likeness (QED) is 0.348. The van der Waals surface area contributed by atoms with Gasteiger partial charge < -0.3 is 10.9 Å². The number of rotatable bonds is 4. The molecule has 5 nitrogen and oxygen atoms in total. The van der Waals surface area contributed by atoms with Crippen LogP contribution in [0.25, 0.3) is 0 Å². The molecule has 1 unspecified atom stereocenters. The second-order valence-electron chi connectivity index (χ2n) is 5.05. The minimum atomic E-state index is -4.49. The Balaban J connectivity index is 2.58. The molecule has 0 aromatic heterocycles. The molecule has 8 heteroatoms. The molecule has 0 bridgehead atoms. The Morgan fingerprint density at radius 3 is 2.16 bits per heavy atom. The predicted molar refractivity (Wildman–Crippen MR) is 66.1 cm³/mol. The molecule has 1 aliphatic rings. The summed E-state index contributed by atoms with van der Waals surface area (Å²) in [4.78, 5) is 3.91. The molecule has 1 fully saturated rings. The lowest BCUT2D eigenvalue weighted by molar-refractivity contribution is -0.161. The van der Waals surface area contributed by atoms with E-state index < -0.39 is 17.9 Å². The van der Waals surface area contributed by atoms with Crippen molar-refractivity contribution in [2.75, 3.05) is 32.7 Å². The third-order valence-electron chi connectivity index (χ3n) is 3.45. The van der Waals surface area contributed by atoms with Gasteiger partial charge in [0, 0.05) is 38.8 Å². The highest BCUT2D eigenvalue weighted by molar-refractivity contribution is 5.83. The number of halogens is 3. The van der Waals surface area contributed by atoms with Crippen molar-refractivity contribution in [2.24, 2.45) is 16.8 Å². The van der Waals surface area contributed by atoms with E-state index in [0.717, 1.165) is 13.1 Å². The predicted octanol–water partition coefficient (Wildman–Crippen LogP) is 0.937. The summed E-state index contributed by atoms with van der Waals surface area (Å²) in [7, 11) is 0. The van der Waals surface area contributed by atoms with Crippen LogP contribution in [0.15, 0.2) is 5.16 Å². The van der Waals surface area contributed by atoms with Gasteiger partial charge in [-0.05, 0) is 13.8 Å². The van der Waals surface area contributed by atoms with Crippen molar-refractivity contribution in [1.82, 2.24) is 9.80 Å². The van der Waals surface area contributed by atoms with Crippen LogP contribution >= 0.6 is 0 Å². The molecule has 0 radical (unpaired) electrons. The molecule has 0 amide bonds. The van der Waals surface area contributed by atoms with Gasteiger partial charge in [0.15, 0.2) is 5.84 Å². The van der Waals surface area contributed by atoms with Crippen LogP contribution in [0, 0.1) is 5.92 Å². The van der Waals surface area contributed by atoms with Gasteiger partial charge in [-0.15, -0.1) is 0 Å². The van der Waals surface area contributed by atoms with E-state index in [1.165, 1.54) is 0 Å². The number of piperazine rings is 1. The summed E-state index contributed by atoms with van der Waals surface area (Å²) in [6, 6.07) is 0.393. The molecule has 0 aromatic rings. The van der Waals surface area contributed by atoms with E-state index in [2.05, 4.69) is 23.9 Å². The van der Waals surface area contributed by atoms with Gasteiger partial charge in [-0.2, -0.15) is 13.2 Å². The Bertz CT molecular complexity index is 312. The fourth-order valence-corrected chi connectivity index (χ4v) is 2.15. The van der Waals surface area contributed by atoms with E-state index in [4.69, 9.17) is 10.9 Å². The van der Waals surface area contributed by atoms with Crippen LogP contribution in [0.2, 0.25) is 0 Å². The van der Waals surface area contributed by atoms with Gasteiger partial charge in [0.2, 0.25) is 0 Å². The lowest BCUT2D eigenvalue weighted by Crippen LogP contribution is -2.52. The summed E-state index contributed by atoms with van der Waals surface area (Å²) in [6.07, 6.45) is -4.49. The molecule has 1 atom stereocenters. The van der Waals surface area contributed by atoms with Gasteiger partial charge in [0.25, 0.3) is 0 Å². The Hall–Kier alpha value is -1.02. The molecule has 0 saturated carbocycles. The second-order valence-corrected chi connectivity index (χ2v) is 5.05. The molecule has 3 N–H and O–H groups in total. The zero-order chi connectivity index (χ0) is 14.6. The molecule has 1 saturated heterocycles. The molecule has 1 rings (SSSR count). The van der Waals surface area contributed by atoms with Crippen molar-refractivity contribution >= 4 is 5.84 Å². The van der Waals surface area contributed by atoms with Crippen LogP contribution in [-0.2, 0) is 0 Å². The van der Waals surface area contributed by atoms with Crippen LogP contribution in [0.1, 0.15) is 13.8 Å². The van der Waals surface area contributed by atoms with E-state index >= 15 is 0 Å². The second kappa shape index (κ2) is 6.42. The molecule has 0 aliphatic carbocycles. The summed E-state index contributed by atoms with van der Waals surface area (Å²) in [5.74, 6) is -2.69. The van der Waals surface area contributed by atoms with Gasteiger partial charge in [0.1, 0.15) is 5.92 Å². The van der Waals surface area contributed by atoms with Gasteiger partial charge in [-0.1, -0.05) is 5.16 Å². The Kier molecular flexibility index (Phi) is 5.42. The summed E-state index contributed by atoms with van der Waals surface area (Å²) in [6.45, 7) is 6.45. The number of nitrogens with zero attached hydrogens (tertiary/aromatic N) is 3. The minimum Gasteiger partial charge on any atom is -0.409 e. The highest BCUT2D eigenvalue weighted by Gasteiger charge is 2.44. The zero-order valence-corrected chi connectivity index (χ0v) is 11.2. The highest BCUT2D eigenvalue weighted by Crippen LogP contribution is 2.27. The maximum atomic E-state index is 12.8. The third-order valence-corrected chi connectivity index (χ3v) is 3.45. The summed E-state index contributed by atoms with van der Waals surface area (Å²) in [5.41, 5.74) is 5.14. The van der Waals surface area contributed by atoms with Crippen LogP contribution < -0.4 is 5.73 Å². The van der Waals surface area contributed by atoms with E-state index in [1.807, 2.05) is 0 Å². The smallest absolute Gasteiger partial charge is 0.400 e. The number of oxime groups is 1. The van der Waals surface area contributed by atoms with Crippen molar-refractivity contribution in [3.05, 3.63) is 0 Å². The first-order valence-corrected chi connectivity index (χ1v) is 6.26. The van der Waals surface area contributed by atoms with Gasteiger partial charge in [-0.25, -0.2) is 0 Å². The topological polar surface area (TPSA) is 65.1 Å². The van der Waals surface area contributed by atoms with E-state index in [-0.39, 0.29) is 6.54 Å². The van der Waals surface area contributed by atoms with Crippen molar-refractivity contribution in [1.29, 1.82) is 0 Å². The monoisotopic (exact) mass is 282 g/mol. The summed E-state index contributed by atoms with van der Waals surface area (Å²) < 4.78 is 38.4. The number of hydrogen-bond donors (Lipinski definition) is 2. The van der Waals surface area contributed by atoms with Gasteiger partial charge >= 0.3 is 6.18 Å². The zero-order valence-electron chi connectivity index (χ0n) is 11.2. The third kappa shape index (κ3) is 4.54. The average molecular weight is 282 g/mol. The lowest BCUT2D eigenvalue weighted by Gasteiger charge is -2.38. The maximum Gasteiger partial charge on any atom is 0.400 e. The van der Waals surface area contributed by atoms with Gasteiger partial charge in [0.05, 0.1) is 0 Å². The minimum absolute atomic E-state index is 0.259. The van der Waals surface area contributed by atoms with Crippen LogP contribution in [0.3, 0.4) is 0 Å². The highest BCUT2D eigenvalue weighted by atomic mass is 19.4. The number of hydrogen-bond acceptors (Lipinski definition) is 4. The van der Waals surface area contributed by atoms with E-state index in [1.54, 1.807) is 4.90 Å². The van der Waals surface area contributed by atoms with Crippen molar-refractivity contribution in [3.63, 3.8) is 0 Å². The Labute approximate surface area is 110 Å². The number of alkyl halides is 3. The Morgan fingerprint density at radius 2 is 1.79 bits per heavy atom. The van der Waals surface area contributed by atoms with Crippen molar-refractivity contribution in [3.8, 4) is 0 Å². The summed E-state index contributed by atoms with van der Waals surface area (Å²) >= 11 is 0. The standard InChI is InChI=1S/C11H21F3N4O/c1-8(2)18-5-3-17(4-6-18)7-9(10(15)16-19)11(12,13)14/h8-9,19H,3-7H2,1-2H3,(H2,15,16). The van der Waals surface area contributed by atoms with Crippen LogP contribution in [0.4, 0.5) is 13.2 Å². The Morgan fingerprint density at radius 1 is 1.26 bits per heavy atom. The first-order valence-electron chi connectivity index (χ1n) is 6.26. The molecule has 112 valence electrons. The SMILES string of the molecule is CC(C)N1CCN(CC(C(N)=NO)C(F)(F)F)CC1. The number of amidine groups is 1. The van der Waals surface area contributed by atoms with E-state index in [0.29, 0.717) is 19.1 Å². The number of nitrogens with two attached hydrogens (primary N) is 1. The lowest BCUT2D eigenvalue weighted by atomic mass is 10.1. The van der Waals surface area contributed by atoms with Crippen LogP contribution in [0.5, 0.6) is 0 Å². The first-order chi connectivity index (χ1) is 8.75. The normalized spacial score (nSPS) is 21.9. The largest absolute Gasteiger partial charge is 0.409 e. The van der Waals surface area contributed by atoms with Crippen LogP contribution in [-0.4, -0.2) is 65.8 Å². The van der Waals surface area contributed by atoms with E-state index in [9.17, 15) is 13.2 Å². The molecule has 19 heavy (non-hydrogen) atoms. The molecule has 1 aliphatic heterocycles. The summed E-state index contributed by atoms with van der Waals surface area (Å²) in [5, 5.41) is 11.0. The fourth-order valence-electron chi connectivity index (χ4n) is 2.15. The average Bonchev–Trinajstić information content (AvgIpc) is 2.34. The first kappa shape index (κ1) is 16.0. The van der Waals surface area contributed by atoms with Crippen molar-refractivity contribution in [2.45, 2.75) is 26.1 Å². The molecule has 0 aromatic carbocycles. The maximum absolute atomic E-state index is 12.8. The molecular weight excluding hydrogens is 261 g/mol. The van der Waals surface area contributed by atoms with Crippen molar-refractivity contribution < 1.29 is 18.4 Å². The molecular formula is C11H21F3N4O. The van der Waals surface area contributed by atoms with Gasteiger partial charge in [-0.3, -0.25) is 9.80 Å². The molecule has 1 heterocycles. The fraction of sp³-hybridized carbons (Fsp3) is 0.909.